The second-order valence-corrected chi connectivity index (χ2v) is 5.67. The molecule has 21 heavy (non-hydrogen) atoms. The van der Waals surface area contributed by atoms with Gasteiger partial charge >= 0.3 is 0 Å². The normalized spacial score (nSPS) is 18.4. The predicted octanol–water partition coefficient (Wildman–Crippen LogP) is 2.17. The van der Waals surface area contributed by atoms with E-state index in [9.17, 15) is 5.11 Å². The maximum Gasteiger partial charge on any atom is 0.231 e. The minimum Gasteiger partial charge on any atom is -0.454 e. The lowest BCUT2D eigenvalue weighted by Gasteiger charge is -2.32. The van der Waals surface area contributed by atoms with Crippen molar-refractivity contribution in [1.82, 2.24) is 4.98 Å². The fourth-order valence-electron chi connectivity index (χ4n) is 3.13. The summed E-state index contributed by atoms with van der Waals surface area (Å²) >= 11 is 0. The van der Waals surface area contributed by atoms with Gasteiger partial charge in [0.15, 0.2) is 11.5 Å². The van der Waals surface area contributed by atoms with Gasteiger partial charge in [0.25, 0.3) is 0 Å². The molecule has 4 rings (SSSR count). The number of rotatable bonds is 2. The smallest absolute Gasteiger partial charge is 0.231 e. The number of ether oxygens (including phenoxy) is 2. The molecule has 0 atom stereocenters. The minimum atomic E-state index is 0.287. The third-order valence-electron chi connectivity index (χ3n) is 4.41. The molecule has 3 heterocycles. The molecule has 1 saturated heterocycles. The van der Waals surface area contributed by atoms with Gasteiger partial charge in [0.05, 0.1) is 0 Å². The SMILES string of the molecule is OCC1CCN(c2nccc3cc4c(cc23)OCO4)CC1. The number of aromatic nitrogens is 1. The van der Waals surface area contributed by atoms with E-state index in [1.807, 2.05) is 24.4 Å². The quantitative estimate of drug-likeness (QED) is 0.917. The van der Waals surface area contributed by atoms with Gasteiger partial charge in [-0.05, 0) is 42.3 Å². The van der Waals surface area contributed by atoms with Gasteiger partial charge in [0, 0.05) is 31.3 Å². The summed E-state index contributed by atoms with van der Waals surface area (Å²) in [6.07, 6.45) is 3.87. The summed E-state index contributed by atoms with van der Waals surface area (Å²) in [5, 5.41) is 11.5. The molecule has 0 aliphatic carbocycles. The number of aliphatic hydroxyl groups excluding tert-OH is 1. The second-order valence-electron chi connectivity index (χ2n) is 5.67. The average molecular weight is 286 g/mol. The van der Waals surface area contributed by atoms with Gasteiger partial charge < -0.3 is 19.5 Å². The standard InChI is InChI=1S/C16H18N2O3/c19-9-11-2-5-18(6-3-11)16-13-8-15-14(20-10-21-15)7-12(13)1-4-17-16/h1,4,7-8,11,19H,2-3,5-6,9-10H2. The van der Waals surface area contributed by atoms with Crippen LogP contribution in [0.2, 0.25) is 0 Å². The molecule has 5 heteroatoms. The second kappa shape index (κ2) is 5.07. The van der Waals surface area contributed by atoms with Crippen LogP contribution in [0.1, 0.15) is 12.8 Å². The van der Waals surface area contributed by atoms with Crippen LogP contribution in [0.5, 0.6) is 11.5 Å². The van der Waals surface area contributed by atoms with Gasteiger partial charge in [-0.2, -0.15) is 0 Å². The first-order valence-electron chi connectivity index (χ1n) is 7.39. The molecular weight excluding hydrogens is 268 g/mol. The lowest BCUT2D eigenvalue weighted by molar-refractivity contribution is 0.174. The number of aliphatic hydroxyl groups is 1. The lowest BCUT2D eigenvalue weighted by atomic mass is 9.97. The molecular formula is C16H18N2O3. The molecule has 0 saturated carbocycles. The Hall–Kier alpha value is -2.01. The Kier molecular flexibility index (Phi) is 3.07. The molecule has 1 aromatic carbocycles. The van der Waals surface area contributed by atoms with E-state index in [1.54, 1.807) is 0 Å². The zero-order valence-corrected chi connectivity index (χ0v) is 11.8. The topological polar surface area (TPSA) is 54.8 Å². The zero-order chi connectivity index (χ0) is 14.2. The van der Waals surface area contributed by atoms with Crippen molar-refractivity contribution in [2.75, 3.05) is 31.4 Å². The number of hydrogen-bond donors (Lipinski definition) is 1. The highest BCUT2D eigenvalue weighted by atomic mass is 16.7. The van der Waals surface area contributed by atoms with Crippen molar-refractivity contribution in [3.05, 3.63) is 24.4 Å². The first-order chi connectivity index (χ1) is 10.3. The zero-order valence-electron chi connectivity index (χ0n) is 11.8. The molecule has 2 aliphatic heterocycles. The molecule has 2 aliphatic rings. The van der Waals surface area contributed by atoms with Crippen LogP contribution in [-0.4, -0.2) is 36.6 Å². The highest BCUT2D eigenvalue weighted by Crippen LogP contribution is 2.39. The monoisotopic (exact) mass is 286 g/mol. The Morgan fingerprint density at radius 2 is 1.95 bits per heavy atom. The number of benzene rings is 1. The first-order valence-corrected chi connectivity index (χ1v) is 7.39. The van der Waals surface area contributed by atoms with E-state index in [1.165, 1.54) is 0 Å². The molecule has 1 aromatic heterocycles. The van der Waals surface area contributed by atoms with E-state index in [2.05, 4.69) is 9.88 Å². The number of hydrogen-bond acceptors (Lipinski definition) is 5. The Balaban J connectivity index is 1.72. The first kappa shape index (κ1) is 12.7. The average Bonchev–Trinajstić information content (AvgIpc) is 2.99. The summed E-state index contributed by atoms with van der Waals surface area (Å²) in [6.45, 7) is 2.45. The van der Waals surface area contributed by atoms with Gasteiger partial charge in [-0.1, -0.05) is 0 Å². The van der Waals surface area contributed by atoms with Crippen molar-refractivity contribution < 1.29 is 14.6 Å². The van der Waals surface area contributed by atoms with Crippen LogP contribution in [0.15, 0.2) is 24.4 Å². The van der Waals surface area contributed by atoms with Crippen LogP contribution in [0.25, 0.3) is 10.8 Å². The Bertz CT molecular complexity index is 666. The Morgan fingerprint density at radius 1 is 1.19 bits per heavy atom. The number of pyridine rings is 1. The van der Waals surface area contributed by atoms with Gasteiger partial charge in [0.1, 0.15) is 5.82 Å². The molecule has 1 fully saturated rings. The summed E-state index contributed by atoms with van der Waals surface area (Å²) in [5.41, 5.74) is 0. The van der Waals surface area contributed by atoms with Gasteiger partial charge in [0.2, 0.25) is 6.79 Å². The molecule has 5 nitrogen and oxygen atoms in total. The van der Waals surface area contributed by atoms with Crippen molar-refractivity contribution in [2.45, 2.75) is 12.8 Å². The molecule has 2 aromatic rings. The summed E-state index contributed by atoms with van der Waals surface area (Å²) < 4.78 is 10.9. The summed E-state index contributed by atoms with van der Waals surface area (Å²) in [6, 6.07) is 6.04. The van der Waals surface area contributed by atoms with E-state index >= 15 is 0 Å². The molecule has 0 bridgehead atoms. The van der Waals surface area contributed by atoms with Crippen molar-refractivity contribution in [3.63, 3.8) is 0 Å². The van der Waals surface area contributed by atoms with Crippen LogP contribution < -0.4 is 14.4 Å². The molecule has 0 amide bonds. The Labute approximate surface area is 123 Å². The van der Waals surface area contributed by atoms with Gasteiger partial charge in [-0.15, -0.1) is 0 Å². The molecule has 0 unspecified atom stereocenters. The van der Waals surface area contributed by atoms with Crippen LogP contribution in [0.4, 0.5) is 5.82 Å². The van der Waals surface area contributed by atoms with E-state index in [-0.39, 0.29) is 13.4 Å². The lowest BCUT2D eigenvalue weighted by Crippen LogP contribution is -2.35. The number of fused-ring (bicyclic) bond motifs is 2. The van der Waals surface area contributed by atoms with Crippen molar-refractivity contribution in [2.24, 2.45) is 5.92 Å². The number of nitrogens with zero attached hydrogens (tertiary/aromatic N) is 2. The maximum absolute atomic E-state index is 9.26. The fourth-order valence-corrected chi connectivity index (χ4v) is 3.13. The van der Waals surface area contributed by atoms with E-state index in [0.717, 1.165) is 54.0 Å². The largest absolute Gasteiger partial charge is 0.454 e. The van der Waals surface area contributed by atoms with E-state index < -0.39 is 0 Å². The third-order valence-corrected chi connectivity index (χ3v) is 4.41. The minimum absolute atomic E-state index is 0.287. The van der Waals surface area contributed by atoms with Crippen LogP contribution in [0.3, 0.4) is 0 Å². The van der Waals surface area contributed by atoms with E-state index in [4.69, 9.17) is 9.47 Å². The summed E-state index contributed by atoms with van der Waals surface area (Å²) in [5.74, 6) is 3.03. The molecule has 1 N–H and O–H groups in total. The van der Waals surface area contributed by atoms with Gasteiger partial charge in [-0.3, -0.25) is 0 Å². The maximum atomic E-state index is 9.26. The van der Waals surface area contributed by atoms with Crippen molar-refractivity contribution in [1.29, 1.82) is 0 Å². The fraction of sp³-hybridized carbons (Fsp3) is 0.438. The number of piperidine rings is 1. The third kappa shape index (κ3) is 2.17. The van der Waals surface area contributed by atoms with Gasteiger partial charge in [-0.25, -0.2) is 4.98 Å². The number of anilines is 1. The van der Waals surface area contributed by atoms with Crippen LogP contribution >= 0.6 is 0 Å². The van der Waals surface area contributed by atoms with Crippen molar-refractivity contribution in [3.8, 4) is 11.5 Å². The molecule has 0 spiro atoms. The molecule has 110 valence electrons. The summed E-state index contributed by atoms with van der Waals surface area (Å²) in [4.78, 5) is 6.88. The highest BCUT2D eigenvalue weighted by molar-refractivity contribution is 5.94. The summed E-state index contributed by atoms with van der Waals surface area (Å²) in [7, 11) is 0. The van der Waals surface area contributed by atoms with E-state index in [0.29, 0.717) is 5.92 Å². The predicted molar refractivity (Wildman–Crippen MR) is 79.9 cm³/mol. The molecule has 0 radical (unpaired) electrons. The highest BCUT2D eigenvalue weighted by Gasteiger charge is 2.22. The Morgan fingerprint density at radius 3 is 2.71 bits per heavy atom. The van der Waals surface area contributed by atoms with Crippen LogP contribution in [-0.2, 0) is 0 Å². The van der Waals surface area contributed by atoms with Crippen LogP contribution in [0, 0.1) is 5.92 Å². The van der Waals surface area contributed by atoms with Crippen molar-refractivity contribution >= 4 is 16.6 Å².